The second-order valence-electron chi connectivity index (χ2n) is 7.00. The first-order valence-corrected chi connectivity index (χ1v) is 10.8. The molecular formula is C22H20ClN3O3S. The lowest BCUT2D eigenvalue weighted by atomic mass is 10.2. The van der Waals surface area contributed by atoms with Crippen LogP contribution in [0.5, 0.6) is 5.75 Å². The highest BCUT2D eigenvalue weighted by Crippen LogP contribution is 2.32. The van der Waals surface area contributed by atoms with Crippen LogP contribution in [0.2, 0.25) is 5.02 Å². The number of hydrogen-bond acceptors (Lipinski definition) is 5. The molecule has 4 rings (SSSR count). The van der Waals surface area contributed by atoms with Gasteiger partial charge in [-0.2, -0.15) is 0 Å². The van der Waals surface area contributed by atoms with Crippen molar-refractivity contribution in [2.24, 2.45) is 0 Å². The maximum absolute atomic E-state index is 12.5. The second kappa shape index (κ2) is 8.85. The molecule has 1 aliphatic heterocycles. The van der Waals surface area contributed by atoms with E-state index >= 15 is 0 Å². The van der Waals surface area contributed by atoms with Gasteiger partial charge >= 0.3 is 0 Å². The van der Waals surface area contributed by atoms with Crippen molar-refractivity contribution in [3.63, 3.8) is 0 Å². The minimum absolute atomic E-state index is 0.0662. The third-order valence-corrected chi connectivity index (χ3v) is 5.86. The number of halogens is 1. The van der Waals surface area contributed by atoms with Crippen LogP contribution < -0.4 is 15.0 Å². The highest BCUT2D eigenvalue weighted by Gasteiger charge is 2.23. The Bertz CT molecular complexity index is 1080. The summed E-state index contributed by atoms with van der Waals surface area (Å²) in [4.78, 5) is 30.5. The van der Waals surface area contributed by atoms with Crippen molar-refractivity contribution in [3.8, 4) is 5.75 Å². The lowest BCUT2D eigenvalue weighted by molar-refractivity contribution is -0.117. The number of rotatable bonds is 6. The molecule has 0 unspecified atom stereocenters. The molecule has 0 radical (unpaired) electrons. The standard InChI is InChI=1S/C22H20ClN3O3S/c1-14-4-7-16(8-5-14)29-12-20-25-18(13-30-20)22(28)24-15-6-9-19(17(23)11-15)26-10-2-3-21(26)27/h4-9,11,13H,2-3,10,12H2,1H3,(H,24,28). The van der Waals surface area contributed by atoms with E-state index in [2.05, 4.69) is 10.3 Å². The van der Waals surface area contributed by atoms with Gasteiger partial charge in [-0.15, -0.1) is 11.3 Å². The molecule has 6 nitrogen and oxygen atoms in total. The topological polar surface area (TPSA) is 71.5 Å². The fraction of sp³-hybridized carbons (Fsp3) is 0.227. The van der Waals surface area contributed by atoms with Crippen LogP contribution in [0.15, 0.2) is 47.8 Å². The third-order valence-electron chi connectivity index (χ3n) is 4.74. The number of aromatic nitrogens is 1. The third kappa shape index (κ3) is 4.63. The molecule has 0 bridgehead atoms. The minimum Gasteiger partial charge on any atom is -0.486 e. The van der Waals surface area contributed by atoms with E-state index in [1.807, 2.05) is 31.2 Å². The summed E-state index contributed by atoms with van der Waals surface area (Å²) in [5.41, 5.74) is 2.69. The molecule has 0 atom stereocenters. The molecule has 0 aliphatic carbocycles. The van der Waals surface area contributed by atoms with Crippen molar-refractivity contribution >= 4 is 46.1 Å². The van der Waals surface area contributed by atoms with E-state index in [-0.39, 0.29) is 11.8 Å². The first-order chi connectivity index (χ1) is 14.5. The van der Waals surface area contributed by atoms with E-state index in [9.17, 15) is 9.59 Å². The number of carbonyl (C=O) groups excluding carboxylic acids is 2. The predicted octanol–water partition coefficient (Wildman–Crippen LogP) is 5.06. The Morgan fingerprint density at radius 2 is 2.07 bits per heavy atom. The van der Waals surface area contributed by atoms with Gasteiger partial charge in [0, 0.05) is 24.0 Å². The zero-order chi connectivity index (χ0) is 21.1. The van der Waals surface area contributed by atoms with Crippen LogP contribution >= 0.6 is 22.9 Å². The summed E-state index contributed by atoms with van der Waals surface area (Å²) in [5, 5.41) is 5.63. The molecule has 2 heterocycles. The first kappa shape index (κ1) is 20.4. The van der Waals surface area contributed by atoms with Crippen molar-refractivity contribution in [2.45, 2.75) is 26.4 Å². The number of benzene rings is 2. The van der Waals surface area contributed by atoms with Crippen molar-refractivity contribution < 1.29 is 14.3 Å². The average molecular weight is 442 g/mol. The lowest BCUT2D eigenvalue weighted by Gasteiger charge is -2.18. The lowest BCUT2D eigenvalue weighted by Crippen LogP contribution is -2.24. The Kier molecular flexibility index (Phi) is 6.01. The number of hydrogen-bond donors (Lipinski definition) is 1. The normalized spacial score (nSPS) is 13.5. The molecule has 30 heavy (non-hydrogen) atoms. The van der Waals surface area contributed by atoms with Crippen LogP contribution in [0.25, 0.3) is 0 Å². The fourth-order valence-electron chi connectivity index (χ4n) is 3.16. The highest BCUT2D eigenvalue weighted by molar-refractivity contribution is 7.09. The molecule has 1 N–H and O–H groups in total. The molecule has 154 valence electrons. The van der Waals surface area contributed by atoms with Gasteiger partial charge in [-0.05, 0) is 43.7 Å². The number of ether oxygens (including phenoxy) is 1. The Hall–Kier alpha value is -2.90. The zero-order valence-electron chi connectivity index (χ0n) is 16.4. The molecular weight excluding hydrogens is 422 g/mol. The van der Waals surface area contributed by atoms with Crippen LogP contribution in [0.1, 0.15) is 33.9 Å². The number of anilines is 2. The van der Waals surface area contributed by atoms with Crippen LogP contribution in [0.4, 0.5) is 11.4 Å². The Balaban J connectivity index is 1.37. The van der Waals surface area contributed by atoms with Gasteiger partial charge in [0.15, 0.2) is 0 Å². The number of amides is 2. The van der Waals surface area contributed by atoms with Gasteiger partial charge in [-0.1, -0.05) is 29.3 Å². The molecule has 1 saturated heterocycles. The Morgan fingerprint density at radius 1 is 1.27 bits per heavy atom. The smallest absolute Gasteiger partial charge is 0.275 e. The molecule has 2 amide bonds. The Morgan fingerprint density at radius 3 is 2.77 bits per heavy atom. The van der Waals surface area contributed by atoms with Crippen molar-refractivity contribution in [2.75, 3.05) is 16.8 Å². The number of nitrogens with one attached hydrogen (secondary N) is 1. The van der Waals surface area contributed by atoms with Gasteiger partial charge in [-0.25, -0.2) is 4.98 Å². The van der Waals surface area contributed by atoms with E-state index in [0.717, 1.165) is 17.7 Å². The fourth-order valence-corrected chi connectivity index (χ4v) is 4.13. The summed E-state index contributed by atoms with van der Waals surface area (Å²) in [6.45, 7) is 2.98. The highest BCUT2D eigenvalue weighted by atomic mass is 35.5. The molecule has 0 saturated carbocycles. The van der Waals surface area contributed by atoms with Gasteiger partial charge in [0.05, 0.1) is 10.7 Å². The van der Waals surface area contributed by atoms with Crippen LogP contribution in [-0.2, 0) is 11.4 Å². The Labute approximate surface area is 183 Å². The van der Waals surface area contributed by atoms with Crippen molar-refractivity contribution in [1.29, 1.82) is 0 Å². The average Bonchev–Trinajstić information content (AvgIpc) is 3.37. The largest absolute Gasteiger partial charge is 0.486 e. The van der Waals surface area contributed by atoms with Crippen molar-refractivity contribution in [1.82, 2.24) is 4.98 Å². The molecule has 3 aromatic rings. The van der Waals surface area contributed by atoms with E-state index in [1.165, 1.54) is 11.3 Å². The van der Waals surface area contributed by atoms with Crippen LogP contribution in [0, 0.1) is 6.92 Å². The van der Waals surface area contributed by atoms with Crippen molar-refractivity contribution in [3.05, 3.63) is 69.1 Å². The van der Waals surface area contributed by atoms with Gasteiger partial charge in [0.1, 0.15) is 23.1 Å². The van der Waals surface area contributed by atoms with Gasteiger partial charge in [-0.3, -0.25) is 9.59 Å². The summed E-state index contributed by atoms with van der Waals surface area (Å²) in [6.07, 6.45) is 1.36. The van der Waals surface area contributed by atoms with Gasteiger partial charge in [0.2, 0.25) is 5.91 Å². The second-order valence-corrected chi connectivity index (χ2v) is 8.35. The summed E-state index contributed by atoms with van der Waals surface area (Å²) in [5.74, 6) is 0.499. The molecule has 1 aromatic heterocycles. The van der Waals surface area contributed by atoms with Gasteiger partial charge < -0.3 is 15.0 Å². The predicted molar refractivity (Wildman–Crippen MR) is 119 cm³/mol. The monoisotopic (exact) mass is 441 g/mol. The first-order valence-electron chi connectivity index (χ1n) is 9.55. The van der Waals surface area contributed by atoms with Gasteiger partial charge in [0.25, 0.3) is 5.91 Å². The molecule has 0 spiro atoms. The zero-order valence-corrected chi connectivity index (χ0v) is 17.9. The SMILES string of the molecule is Cc1ccc(OCc2nc(C(=O)Nc3ccc(N4CCCC4=O)c(Cl)c3)cs2)cc1. The molecule has 1 fully saturated rings. The van der Waals surface area contributed by atoms with E-state index in [1.54, 1.807) is 28.5 Å². The van der Waals surface area contributed by atoms with E-state index < -0.39 is 0 Å². The number of thiazole rings is 1. The van der Waals surface area contributed by atoms with Crippen LogP contribution in [-0.4, -0.2) is 23.3 Å². The molecule has 2 aromatic carbocycles. The quantitative estimate of drug-likeness (QED) is 0.580. The maximum Gasteiger partial charge on any atom is 0.275 e. The minimum atomic E-state index is -0.325. The summed E-state index contributed by atoms with van der Waals surface area (Å²) in [6, 6.07) is 12.9. The van der Waals surface area contributed by atoms with Crippen LogP contribution in [0.3, 0.4) is 0 Å². The number of aryl methyl sites for hydroxylation is 1. The summed E-state index contributed by atoms with van der Waals surface area (Å²) >= 11 is 7.71. The summed E-state index contributed by atoms with van der Waals surface area (Å²) in [7, 11) is 0. The molecule has 8 heteroatoms. The van der Waals surface area contributed by atoms with E-state index in [0.29, 0.717) is 46.7 Å². The number of carbonyl (C=O) groups is 2. The molecule has 1 aliphatic rings. The number of nitrogens with zero attached hydrogens (tertiary/aromatic N) is 2. The summed E-state index contributed by atoms with van der Waals surface area (Å²) < 4.78 is 5.71. The van der Waals surface area contributed by atoms with E-state index in [4.69, 9.17) is 16.3 Å². The maximum atomic E-state index is 12.5.